The summed E-state index contributed by atoms with van der Waals surface area (Å²) in [4.78, 5) is 0. The van der Waals surface area contributed by atoms with Crippen LogP contribution in [0.25, 0.3) is 0 Å². The molecule has 1 saturated carbocycles. The Morgan fingerprint density at radius 2 is 1.95 bits per heavy atom. The third-order valence-corrected chi connectivity index (χ3v) is 4.61. The Bertz CT molecular complexity index is 514. The Morgan fingerprint density at radius 3 is 2.47 bits per heavy atom. The SMILES string of the molecule is CCCc1cc(S(N)(=O)=O)n(C2CCCCCC2)n1. The second-order valence-electron chi connectivity index (χ2n) is 5.36. The van der Waals surface area contributed by atoms with Crippen molar-refractivity contribution in [2.45, 2.75) is 69.4 Å². The van der Waals surface area contributed by atoms with Gasteiger partial charge in [-0.15, -0.1) is 0 Å². The molecular weight excluding hydrogens is 262 g/mol. The fourth-order valence-electron chi connectivity index (χ4n) is 2.78. The third kappa shape index (κ3) is 3.57. The Labute approximate surface area is 115 Å². The summed E-state index contributed by atoms with van der Waals surface area (Å²) >= 11 is 0. The molecule has 108 valence electrons. The fourth-order valence-corrected chi connectivity index (χ4v) is 3.53. The molecule has 0 unspecified atom stereocenters. The first kappa shape index (κ1) is 14.5. The van der Waals surface area contributed by atoms with Gasteiger partial charge in [-0.3, -0.25) is 0 Å². The lowest BCUT2D eigenvalue weighted by Crippen LogP contribution is -2.21. The Kier molecular flexibility index (Phi) is 4.62. The number of sulfonamides is 1. The van der Waals surface area contributed by atoms with Gasteiger partial charge >= 0.3 is 0 Å². The van der Waals surface area contributed by atoms with Crippen molar-refractivity contribution >= 4 is 10.0 Å². The maximum Gasteiger partial charge on any atom is 0.255 e. The number of nitrogens with zero attached hydrogens (tertiary/aromatic N) is 2. The highest BCUT2D eigenvalue weighted by Gasteiger charge is 2.24. The van der Waals surface area contributed by atoms with Gasteiger partial charge in [-0.25, -0.2) is 18.2 Å². The van der Waals surface area contributed by atoms with Crippen molar-refractivity contribution in [3.05, 3.63) is 11.8 Å². The Hall–Kier alpha value is -0.880. The zero-order chi connectivity index (χ0) is 13.9. The van der Waals surface area contributed by atoms with Gasteiger partial charge < -0.3 is 0 Å². The normalized spacial score (nSPS) is 18.4. The summed E-state index contributed by atoms with van der Waals surface area (Å²) in [6.45, 7) is 2.06. The van der Waals surface area contributed by atoms with Gasteiger partial charge in [0.15, 0.2) is 5.03 Å². The molecule has 2 N–H and O–H groups in total. The van der Waals surface area contributed by atoms with Gasteiger partial charge in [0.05, 0.1) is 11.7 Å². The van der Waals surface area contributed by atoms with E-state index in [-0.39, 0.29) is 11.1 Å². The number of nitrogens with two attached hydrogens (primary N) is 1. The maximum atomic E-state index is 11.7. The minimum Gasteiger partial charge on any atom is -0.250 e. The molecule has 1 aliphatic rings. The Balaban J connectivity index is 2.36. The van der Waals surface area contributed by atoms with Crippen LogP contribution >= 0.6 is 0 Å². The molecule has 1 heterocycles. The van der Waals surface area contributed by atoms with Gasteiger partial charge in [0.1, 0.15) is 0 Å². The smallest absolute Gasteiger partial charge is 0.250 e. The maximum absolute atomic E-state index is 11.7. The number of aromatic nitrogens is 2. The minimum absolute atomic E-state index is 0.182. The van der Waals surface area contributed by atoms with Crippen LogP contribution in [0.15, 0.2) is 11.1 Å². The second kappa shape index (κ2) is 6.05. The first-order chi connectivity index (χ1) is 9.02. The van der Waals surface area contributed by atoms with E-state index in [0.29, 0.717) is 0 Å². The molecule has 2 rings (SSSR count). The van der Waals surface area contributed by atoms with Crippen molar-refractivity contribution in [1.29, 1.82) is 0 Å². The lowest BCUT2D eigenvalue weighted by molar-refractivity contribution is 0.374. The Morgan fingerprint density at radius 1 is 1.32 bits per heavy atom. The van der Waals surface area contributed by atoms with Crippen LogP contribution in [0.2, 0.25) is 0 Å². The zero-order valence-electron chi connectivity index (χ0n) is 11.5. The van der Waals surface area contributed by atoms with E-state index in [1.54, 1.807) is 10.7 Å². The van der Waals surface area contributed by atoms with Gasteiger partial charge in [-0.1, -0.05) is 39.0 Å². The lowest BCUT2D eigenvalue weighted by Gasteiger charge is -2.17. The molecule has 0 bridgehead atoms. The van der Waals surface area contributed by atoms with Crippen molar-refractivity contribution < 1.29 is 8.42 Å². The zero-order valence-corrected chi connectivity index (χ0v) is 12.3. The van der Waals surface area contributed by atoms with E-state index in [1.165, 1.54) is 12.8 Å². The van der Waals surface area contributed by atoms with E-state index in [0.717, 1.165) is 44.2 Å². The molecule has 0 saturated heterocycles. The first-order valence-corrected chi connectivity index (χ1v) is 8.68. The highest BCUT2D eigenvalue weighted by atomic mass is 32.2. The van der Waals surface area contributed by atoms with Gasteiger partial charge in [-0.2, -0.15) is 5.10 Å². The van der Waals surface area contributed by atoms with Crippen LogP contribution in [0.5, 0.6) is 0 Å². The number of aryl methyl sites for hydroxylation is 1. The summed E-state index contributed by atoms with van der Waals surface area (Å²) in [7, 11) is -3.69. The molecule has 1 aromatic heterocycles. The molecule has 19 heavy (non-hydrogen) atoms. The van der Waals surface area contributed by atoms with Gasteiger partial charge in [0.25, 0.3) is 10.0 Å². The number of rotatable bonds is 4. The first-order valence-electron chi connectivity index (χ1n) is 7.13. The summed E-state index contributed by atoms with van der Waals surface area (Å²) in [6, 6.07) is 1.82. The summed E-state index contributed by atoms with van der Waals surface area (Å²) in [5, 5.41) is 10.00. The van der Waals surface area contributed by atoms with E-state index >= 15 is 0 Å². The molecule has 1 aromatic rings. The monoisotopic (exact) mass is 285 g/mol. The highest BCUT2D eigenvalue weighted by molar-refractivity contribution is 7.89. The number of primary sulfonamides is 1. The molecule has 1 fully saturated rings. The number of hydrogen-bond acceptors (Lipinski definition) is 3. The molecule has 5 nitrogen and oxygen atoms in total. The summed E-state index contributed by atoms with van der Waals surface area (Å²) < 4.78 is 25.1. The molecule has 0 spiro atoms. The quantitative estimate of drug-likeness (QED) is 0.863. The van der Waals surface area contributed by atoms with Crippen LogP contribution < -0.4 is 5.14 Å². The molecule has 0 aliphatic heterocycles. The van der Waals surface area contributed by atoms with Crippen LogP contribution in [0.1, 0.15) is 63.6 Å². The molecule has 0 atom stereocenters. The molecular formula is C13H23N3O2S. The van der Waals surface area contributed by atoms with Crippen LogP contribution in [0.4, 0.5) is 0 Å². The third-order valence-electron chi connectivity index (χ3n) is 3.72. The van der Waals surface area contributed by atoms with Gasteiger partial charge in [0.2, 0.25) is 0 Å². The van der Waals surface area contributed by atoms with Crippen LogP contribution in [-0.4, -0.2) is 18.2 Å². The summed E-state index contributed by atoms with van der Waals surface area (Å²) in [5.74, 6) is 0. The highest BCUT2D eigenvalue weighted by Crippen LogP contribution is 2.29. The van der Waals surface area contributed by atoms with E-state index in [9.17, 15) is 8.42 Å². The van der Waals surface area contributed by atoms with Crippen molar-refractivity contribution in [3.63, 3.8) is 0 Å². The summed E-state index contributed by atoms with van der Waals surface area (Å²) in [5.41, 5.74) is 0.829. The summed E-state index contributed by atoms with van der Waals surface area (Å²) in [6.07, 6.45) is 8.46. The van der Waals surface area contributed by atoms with E-state index in [4.69, 9.17) is 5.14 Å². The molecule has 0 radical (unpaired) electrons. The predicted octanol–water partition coefficient (Wildman–Crippen LogP) is 2.38. The number of hydrogen-bond donors (Lipinski definition) is 1. The van der Waals surface area contributed by atoms with Crippen molar-refractivity contribution in [2.24, 2.45) is 5.14 Å². The van der Waals surface area contributed by atoms with E-state index < -0.39 is 10.0 Å². The van der Waals surface area contributed by atoms with Crippen molar-refractivity contribution in [3.8, 4) is 0 Å². The average molecular weight is 285 g/mol. The topological polar surface area (TPSA) is 78.0 Å². The van der Waals surface area contributed by atoms with E-state index in [2.05, 4.69) is 12.0 Å². The molecule has 1 aliphatic carbocycles. The van der Waals surface area contributed by atoms with Crippen LogP contribution in [0, 0.1) is 0 Å². The van der Waals surface area contributed by atoms with Crippen LogP contribution in [-0.2, 0) is 16.4 Å². The largest absolute Gasteiger partial charge is 0.255 e. The van der Waals surface area contributed by atoms with Gasteiger partial charge in [-0.05, 0) is 25.3 Å². The van der Waals surface area contributed by atoms with Crippen molar-refractivity contribution in [1.82, 2.24) is 9.78 Å². The molecule has 6 heteroatoms. The standard InChI is InChI=1S/C13H23N3O2S/c1-2-7-11-10-13(19(14,17)18)16(15-11)12-8-5-3-4-6-9-12/h10,12H,2-9H2,1H3,(H2,14,17,18). The van der Waals surface area contributed by atoms with Crippen LogP contribution in [0.3, 0.4) is 0 Å². The second-order valence-corrected chi connectivity index (χ2v) is 6.87. The van der Waals surface area contributed by atoms with E-state index in [1.807, 2.05) is 0 Å². The molecule has 0 aromatic carbocycles. The molecule has 0 amide bonds. The van der Waals surface area contributed by atoms with Crippen molar-refractivity contribution in [2.75, 3.05) is 0 Å². The average Bonchev–Trinajstić information content (AvgIpc) is 2.59. The predicted molar refractivity (Wildman–Crippen MR) is 74.3 cm³/mol. The lowest BCUT2D eigenvalue weighted by atomic mass is 10.1. The minimum atomic E-state index is -3.69. The van der Waals surface area contributed by atoms with Gasteiger partial charge in [0, 0.05) is 0 Å². The fraction of sp³-hybridized carbons (Fsp3) is 0.769.